The minimum absolute atomic E-state index is 0.198. The molecule has 114 valence electrons. The maximum Gasteiger partial charge on any atom is 0.128 e. The van der Waals surface area contributed by atoms with Gasteiger partial charge in [-0.3, -0.25) is 0 Å². The number of halogens is 2. The fourth-order valence-electron chi connectivity index (χ4n) is 2.97. The highest BCUT2D eigenvalue weighted by Crippen LogP contribution is 2.25. The van der Waals surface area contributed by atoms with E-state index in [-0.39, 0.29) is 5.82 Å². The van der Waals surface area contributed by atoms with Crippen molar-refractivity contribution >= 4 is 22.6 Å². The number of imidazole rings is 1. The van der Waals surface area contributed by atoms with Crippen LogP contribution in [-0.4, -0.2) is 28.6 Å². The molecule has 1 aliphatic heterocycles. The van der Waals surface area contributed by atoms with E-state index in [0.29, 0.717) is 23.8 Å². The SMILES string of the molecule is Cc1cc2c(cc1F)nc(CCCl)n2CC1CCOCC1. The van der Waals surface area contributed by atoms with Crippen molar-refractivity contribution < 1.29 is 9.13 Å². The highest BCUT2D eigenvalue weighted by Gasteiger charge is 2.19. The van der Waals surface area contributed by atoms with E-state index in [0.717, 1.165) is 49.5 Å². The van der Waals surface area contributed by atoms with Gasteiger partial charge in [0.2, 0.25) is 0 Å². The summed E-state index contributed by atoms with van der Waals surface area (Å²) in [6.07, 6.45) is 2.85. The molecule has 1 aliphatic rings. The van der Waals surface area contributed by atoms with E-state index in [2.05, 4.69) is 9.55 Å². The number of nitrogens with zero attached hydrogens (tertiary/aromatic N) is 2. The lowest BCUT2D eigenvalue weighted by Gasteiger charge is -2.23. The van der Waals surface area contributed by atoms with Crippen LogP contribution >= 0.6 is 11.6 Å². The Bertz CT molecular complexity index is 635. The van der Waals surface area contributed by atoms with Crippen LogP contribution in [0.25, 0.3) is 11.0 Å². The fourth-order valence-corrected chi connectivity index (χ4v) is 3.14. The largest absolute Gasteiger partial charge is 0.381 e. The summed E-state index contributed by atoms with van der Waals surface area (Å²) in [5.74, 6) is 1.88. The van der Waals surface area contributed by atoms with Crippen molar-refractivity contribution in [2.24, 2.45) is 5.92 Å². The van der Waals surface area contributed by atoms with Gasteiger partial charge in [-0.25, -0.2) is 9.37 Å². The van der Waals surface area contributed by atoms with E-state index in [1.54, 1.807) is 6.92 Å². The highest BCUT2D eigenvalue weighted by molar-refractivity contribution is 6.17. The zero-order chi connectivity index (χ0) is 14.8. The van der Waals surface area contributed by atoms with Crippen LogP contribution in [0.15, 0.2) is 12.1 Å². The summed E-state index contributed by atoms with van der Waals surface area (Å²) in [6.45, 7) is 4.37. The van der Waals surface area contributed by atoms with Crippen LogP contribution in [0.2, 0.25) is 0 Å². The third kappa shape index (κ3) is 3.06. The van der Waals surface area contributed by atoms with Gasteiger partial charge >= 0.3 is 0 Å². The normalized spacial score (nSPS) is 16.7. The molecule has 3 nitrogen and oxygen atoms in total. The standard InChI is InChI=1S/C16H20ClFN2O/c1-11-8-15-14(9-13(11)18)19-16(2-5-17)20(15)10-12-3-6-21-7-4-12/h8-9,12H,2-7,10H2,1H3. The number of rotatable bonds is 4. The molecule has 21 heavy (non-hydrogen) atoms. The van der Waals surface area contributed by atoms with Crippen LogP contribution in [0.1, 0.15) is 24.2 Å². The summed E-state index contributed by atoms with van der Waals surface area (Å²) in [6, 6.07) is 3.43. The molecular weight excluding hydrogens is 291 g/mol. The summed E-state index contributed by atoms with van der Waals surface area (Å²) in [5, 5.41) is 0. The molecule has 2 aromatic rings. The quantitative estimate of drug-likeness (QED) is 0.805. The van der Waals surface area contributed by atoms with Crippen molar-refractivity contribution in [3.05, 3.63) is 29.3 Å². The van der Waals surface area contributed by atoms with Gasteiger partial charge < -0.3 is 9.30 Å². The van der Waals surface area contributed by atoms with Gasteiger partial charge in [-0.15, -0.1) is 11.6 Å². The number of alkyl halides is 1. The van der Waals surface area contributed by atoms with Crippen molar-refractivity contribution in [1.29, 1.82) is 0 Å². The van der Waals surface area contributed by atoms with Crippen molar-refractivity contribution in [3.8, 4) is 0 Å². The molecule has 2 heterocycles. The lowest BCUT2D eigenvalue weighted by atomic mass is 10.00. The first-order valence-electron chi connectivity index (χ1n) is 7.48. The topological polar surface area (TPSA) is 27.1 Å². The smallest absolute Gasteiger partial charge is 0.128 e. The Labute approximate surface area is 129 Å². The second-order valence-electron chi connectivity index (χ2n) is 5.72. The Morgan fingerprint density at radius 2 is 2.14 bits per heavy atom. The lowest BCUT2D eigenvalue weighted by molar-refractivity contribution is 0.0613. The third-order valence-electron chi connectivity index (χ3n) is 4.21. The van der Waals surface area contributed by atoms with Crippen molar-refractivity contribution in [1.82, 2.24) is 9.55 Å². The predicted octanol–water partition coefficient (Wildman–Crippen LogP) is 3.69. The molecule has 0 atom stereocenters. The molecule has 1 fully saturated rings. The Morgan fingerprint density at radius 1 is 1.38 bits per heavy atom. The first-order valence-corrected chi connectivity index (χ1v) is 8.01. The molecule has 0 radical (unpaired) electrons. The van der Waals surface area contributed by atoms with E-state index in [1.807, 2.05) is 6.07 Å². The maximum absolute atomic E-state index is 13.7. The molecule has 0 saturated carbocycles. The van der Waals surface area contributed by atoms with Crippen LogP contribution in [0, 0.1) is 18.7 Å². The van der Waals surface area contributed by atoms with Crippen LogP contribution in [0.5, 0.6) is 0 Å². The van der Waals surface area contributed by atoms with E-state index < -0.39 is 0 Å². The number of hydrogen-bond donors (Lipinski definition) is 0. The number of aryl methyl sites for hydroxylation is 2. The molecule has 0 amide bonds. The molecule has 1 saturated heterocycles. The Morgan fingerprint density at radius 3 is 2.86 bits per heavy atom. The molecule has 3 rings (SSSR count). The molecule has 0 N–H and O–H groups in total. The molecule has 0 bridgehead atoms. The van der Waals surface area contributed by atoms with Gasteiger partial charge in [0.15, 0.2) is 0 Å². The van der Waals surface area contributed by atoms with Crippen molar-refractivity contribution in [3.63, 3.8) is 0 Å². The van der Waals surface area contributed by atoms with Gasteiger partial charge in [0.05, 0.1) is 11.0 Å². The van der Waals surface area contributed by atoms with Gasteiger partial charge in [0.25, 0.3) is 0 Å². The Hall–Kier alpha value is -1.13. The van der Waals surface area contributed by atoms with Crippen LogP contribution < -0.4 is 0 Å². The van der Waals surface area contributed by atoms with Crippen molar-refractivity contribution in [2.45, 2.75) is 32.7 Å². The van der Waals surface area contributed by atoms with Gasteiger partial charge in [0.1, 0.15) is 11.6 Å². The average molecular weight is 311 g/mol. The van der Waals surface area contributed by atoms with E-state index in [1.165, 1.54) is 6.07 Å². The second kappa shape index (κ2) is 6.32. The molecule has 1 aromatic heterocycles. The monoisotopic (exact) mass is 310 g/mol. The predicted molar refractivity (Wildman–Crippen MR) is 82.4 cm³/mol. The minimum Gasteiger partial charge on any atom is -0.381 e. The third-order valence-corrected chi connectivity index (χ3v) is 4.40. The number of hydrogen-bond acceptors (Lipinski definition) is 2. The molecule has 0 spiro atoms. The zero-order valence-corrected chi connectivity index (χ0v) is 13.0. The zero-order valence-electron chi connectivity index (χ0n) is 12.2. The van der Waals surface area contributed by atoms with Crippen LogP contribution in [0.3, 0.4) is 0 Å². The van der Waals surface area contributed by atoms with Crippen LogP contribution in [0.4, 0.5) is 4.39 Å². The summed E-state index contributed by atoms with van der Waals surface area (Å²) < 4.78 is 21.4. The van der Waals surface area contributed by atoms with E-state index >= 15 is 0 Å². The van der Waals surface area contributed by atoms with E-state index in [9.17, 15) is 4.39 Å². The molecule has 0 aliphatic carbocycles. The lowest BCUT2D eigenvalue weighted by Crippen LogP contribution is -2.21. The molecular formula is C16H20ClFN2O. The summed E-state index contributed by atoms with van der Waals surface area (Å²) in [5.41, 5.74) is 2.40. The van der Waals surface area contributed by atoms with Gasteiger partial charge in [-0.2, -0.15) is 0 Å². The van der Waals surface area contributed by atoms with Crippen molar-refractivity contribution in [2.75, 3.05) is 19.1 Å². The summed E-state index contributed by atoms with van der Waals surface area (Å²) >= 11 is 5.89. The van der Waals surface area contributed by atoms with E-state index in [4.69, 9.17) is 16.3 Å². The first kappa shape index (κ1) is 14.8. The molecule has 0 unspecified atom stereocenters. The molecule has 1 aromatic carbocycles. The number of benzene rings is 1. The second-order valence-corrected chi connectivity index (χ2v) is 6.10. The summed E-state index contributed by atoms with van der Waals surface area (Å²) in [4.78, 5) is 4.58. The van der Waals surface area contributed by atoms with Gasteiger partial charge in [-0.05, 0) is 37.3 Å². The Balaban J connectivity index is 2.00. The number of ether oxygens (including phenoxy) is 1. The van der Waals surface area contributed by atoms with Gasteiger partial charge in [0, 0.05) is 38.1 Å². The fraction of sp³-hybridized carbons (Fsp3) is 0.562. The maximum atomic E-state index is 13.7. The van der Waals surface area contributed by atoms with Crippen LogP contribution in [-0.2, 0) is 17.7 Å². The number of fused-ring (bicyclic) bond motifs is 1. The summed E-state index contributed by atoms with van der Waals surface area (Å²) in [7, 11) is 0. The molecule has 5 heteroatoms. The number of aromatic nitrogens is 2. The average Bonchev–Trinajstić information content (AvgIpc) is 2.79. The Kier molecular flexibility index (Phi) is 4.45. The van der Waals surface area contributed by atoms with Gasteiger partial charge in [-0.1, -0.05) is 0 Å². The first-order chi connectivity index (χ1) is 10.2. The highest BCUT2D eigenvalue weighted by atomic mass is 35.5. The minimum atomic E-state index is -0.198.